The summed E-state index contributed by atoms with van der Waals surface area (Å²) in [5.41, 5.74) is 0. The van der Waals surface area contributed by atoms with Gasteiger partial charge in [-0.1, -0.05) is 26.7 Å². The van der Waals surface area contributed by atoms with Crippen LogP contribution in [0.5, 0.6) is 0 Å². The van der Waals surface area contributed by atoms with Crippen LogP contribution in [0.2, 0.25) is 0 Å². The van der Waals surface area contributed by atoms with Gasteiger partial charge in [-0.25, -0.2) is 0 Å². The van der Waals surface area contributed by atoms with Gasteiger partial charge in [0.05, 0.1) is 0 Å². The van der Waals surface area contributed by atoms with Gasteiger partial charge in [-0.2, -0.15) is 23.5 Å². The molecule has 2 atom stereocenters. The maximum Gasteiger partial charge on any atom is -0.00392 e. The first-order valence-electron chi connectivity index (χ1n) is 6.48. The first kappa shape index (κ1) is 13.8. The van der Waals surface area contributed by atoms with Gasteiger partial charge in [-0.3, -0.25) is 0 Å². The highest BCUT2D eigenvalue weighted by Crippen LogP contribution is 2.23. The Kier molecular flexibility index (Phi) is 8.08. The van der Waals surface area contributed by atoms with E-state index in [1.54, 1.807) is 0 Å². The molecule has 0 aromatic heterocycles. The quantitative estimate of drug-likeness (QED) is 0.658. The Morgan fingerprint density at radius 2 is 1.80 bits per heavy atom. The van der Waals surface area contributed by atoms with Crippen molar-refractivity contribution in [2.24, 2.45) is 11.8 Å². The average Bonchev–Trinajstić information content (AvgIpc) is 2.60. The highest BCUT2D eigenvalue weighted by Gasteiger charge is 2.09. The predicted molar refractivity (Wildman–Crippen MR) is 76.1 cm³/mol. The van der Waals surface area contributed by atoms with Gasteiger partial charge in [0, 0.05) is 0 Å². The van der Waals surface area contributed by atoms with Crippen LogP contribution in [0.4, 0.5) is 0 Å². The normalized spacial score (nSPS) is 31.6. The van der Waals surface area contributed by atoms with Crippen LogP contribution in [0.15, 0.2) is 0 Å². The summed E-state index contributed by atoms with van der Waals surface area (Å²) < 4.78 is 0. The molecule has 2 unspecified atom stereocenters. The summed E-state index contributed by atoms with van der Waals surface area (Å²) in [6, 6.07) is 0. The second-order valence-corrected chi connectivity index (χ2v) is 7.11. The molecule has 15 heavy (non-hydrogen) atoms. The van der Waals surface area contributed by atoms with Crippen LogP contribution < -0.4 is 0 Å². The van der Waals surface area contributed by atoms with Gasteiger partial charge in [0.1, 0.15) is 0 Å². The summed E-state index contributed by atoms with van der Waals surface area (Å²) in [5.74, 6) is 7.70. The van der Waals surface area contributed by atoms with Crippen molar-refractivity contribution in [1.29, 1.82) is 0 Å². The van der Waals surface area contributed by atoms with Gasteiger partial charge in [-0.15, -0.1) is 0 Å². The van der Waals surface area contributed by atoms with Crippen LogP contribution >= 0.6 is 23.5 Å². The number of thioether (sulfide) groups is 2. The molecule has 0 radical (unpaired) electrons. The van der Waals surface area contributed by atoms with E-state index >= 15 is 0 Å². The van der Waals surface area contributed by atoms with Crippen molar-refractivity contribution in [2.75, 3.05) is 23.0 Å². The maximum absolute atomic E-state index is 2.32. The lowest BCUT2D eigenvalue weighted by molar-refractivity contribution is 0.509. The topological polar surface area (TPSA) is 0 Å². The van der Waals surface area contributed by atoms with Gasteiger partial charge in [-0.05, 0) is 54.1 Å². The van der Waals surface area contributed by atoms with Gasteiger partial charge in [0.15, 0.2) is 0 Å². The molecule has 0 amide bonds. The van der Waals surface area contributed by atoms with Crippen molar-refractivity contribution < 1.29 is 0 Å². The van der Waals surface area contributed by atoms with Crippen LogP contribution in [0.25, 0.3) is 0 Å². The fourth-order valence-corrected chi connectivity index (χ4v) is 4.56. The summed E-state index contributed by atoms with van der Waals surface area (Å²) in [6.07, 6.45) is 7.27. The molecule has 2 heteroatoms. The largest absolute Gasteiger partial charge is 0.162 e. The number of hydrogen-bond donors (Lipinski definition) is 0. The van der Waals surface area contributed by atoms with E-state index in [2.05, 4.69) is 37.4 Å². The molecule has 0 spiro atoms. The Bertz CT molecular complexity index is 133. The van der Waals surface area contributed by atoms with E-state index < -0.39 is 0 Å². The van der Waals surface area contributed by atoms with Crippen molar-refractivity contribution >= 4 is 23.5 Å². The standard InChI is InChI=1S/C8H16S.C5H10S/c1-2-8-5-3-4-6-9-7-8;1-5-2-3-6-4-5/h8H,2-7H2,1H3;5H,2-4H2,1H3. The van der Waals surface area contributed by atoms with Gasteiger partial charge in [0.2, 0.25) is 0 Å². The molecule has 0 aromatic carbocycles. The molecule has 90 valence electrons. The smallest absolute Gasteiger partial charge is 0.00392 e. The molecule has 0 aliphatic carbocycles. The van der Waals surface area contributed by atoms with Crippen LogP contribution in [0.1, 0.15) is 46.0 Å². The number of rotatable bonds is 1. The van der Waals surface area contributed by atoms with Gasteiger partial charge in [0.25, 0.3) is 0 Å². The van der Waals surface area contributed by atoms with Crippen LogP contribution in [-0.4, -0.2) is 23.0 Å². The van der Waals surface area contributed by atoms with Crippen molar-refractivity contribution in [2.45, 2.75) is 46.0 Å². The third-order valence-corrected chi connectivity index (χ3v) is 5.85. The van der Waals surface area contributed by atoms with Gasteiger partial charge >= 0.3 is 0 Å². The third kappa shape index (κ3) is 6.78. The van der Waals surface area contributed by atoms with Crippen LogP contribution in [-0.2, 0) is 0 Å². The van der Waals surface area contributed by atoms with Crippen LogP contribution in [0.3, 0.4) is 0 Å². The second kappa shape index (κ2) is 8.81. The highest BCUT2D eigenvalue weighted by molar-refractivity contribution is 7.99. The molecule has 2 fully saturated rings. The van der Waals surface area contributed by atoms with E-state index in [1.165, 1.54) is 55.1 Å². The lowest BCUT2D eigenvalue weighted by Gasteiger charge is -2.08. The van der Waals surface area contributed by atoms with E-state index in [-0.39, 0.29) is 0 Å². The molecule has 0 N–H and O–H groups in total. The van der Waals surface area contributed by atoms with Crippen LogP contribution in [0, 0.1) is 11.8 Å². The lowest BCUT2D eigenvalue weighted by Crippen LogP contribution is -1.98. The summed E-state index contributed by atoms with van der Waals surface area (Å²) in [7, 11) is 0. The molecule has 2 rings (SSSR count). The Labute approximate surface area is 104 Å². The molecule has 0 saturated carbocycles. The summed E-state index contributed by atoms with van der Waals surface area (Å²) in [4.78, 5) is 0. The molecule has 0 nitrogen and oxygen atoms in total. The summed E-state index contributed by atoms with van der Waals surface area (Å²) in [5, 5.41) is 0. The minimum atomic E-state index is 1.01. The Hall–Kier alpha value is 0.700. The zero-order valence-corrected chi connectivity index (χ0v) is 12.0. The van der Waals surface area contributed by atoms with E-state index in [0.717, 1.165) is 11.8 Å². The van der Waals surface area contributed by atoms with E-state index in [9.17, 15) is 0 Å². The first-order valence-corrected chi connectivity index (χ1v) is 8.79. The molecule has 2 aliphatic rings. The monoisotopic (exact) mass is 246 g/mol. The molecule has 2 heterocycles. The fraction of sp³-hybridized carbons (Fsp3) is 1.00. The Morgan fingerprint density at radius 3 is 2.33 bits per heavy atom. The minimum Gasteiger partial charge on any atom is -0.162 e. The van der Waals surface area contributed by atoms with Crippen molar-refractivity contribution in [3.8, 4) is 0 Å². The maximum atomic E-state index is 2.32. The van der Waals surface area contributed by atoms with Crippen molar-refractivity contribution in [3.05, 3.63) is 0 Å². The zero-order valence-electron chi connectivity index (χ0n) is 10.3. The molecular formula is C13H26S2. The zero-order chi connectivity index (χ0) is 10.9. The lowest BCUT2D eigenvalue weighted by atomic mass is 10.0. The van der Waals surface area contributed by atoms with E-state index in [0.29, 0.717) is 0 Å². The summed E-state index contributed by atoms with van der Waals surface area (Å²) in [6.45, 7) is 4.64. The van der Waals surface area contributed by atoms with Gasteiger partial charge < -0.3 is 0 Å². The highest BCUT2D eigenvalue weighted by atomic mass is 32.2. The Morgan fingerprint density at radius 1 is 1.00 bits per heavy atom. The van der Waals surface area contributed by atoms with Crippen molar-refractivity contribution in [1.82, 2.24) is 0 Å². The summed E-state index contributed by atoms with van der Waals surface area (Å²) >= 11 is 4.23. The molecule has 0 aromatic rings. The predicted octanol–water partition coefficient (Wildman–Crippen LogP) is 4.69. The molecular weight excluding hydrogens is 220 g/mol. The Balaban J connectivity index is 0.000000162. The molecule has 2 saturated heterocycles. The van der Waals surface area contributed by atoms with E-state index in [4.69, 9.17) is 0 Å². The average molecular weight is 246 g/mol. The van der Waals surface area contributed by atoms with Crippen molar-refractivity contribution in [3.63, 3.8) is 0 Å². The molecule has 0 bridgehead atoms. The third-order valence-electron chi connectivity index (χ3n) is 3.24. The van der Waals surface area contributed by atoms with E-state index in [1.807, 2.05) is 0 Å². The first-order chi connectivity index (χ1) is 7.33. The second-order valence-electron chi connectivity index (χ2n) is 4.81. The number of hydrogen-bond acceptors (Lipinski definition) is 2. The SMILES string of the molecule is CC1CCSC1.CCC1CCCCSC1. The minimum absolute atomic E-state index is 1.01. The fourth-order valence-electron chi connectivity index (χ4n) is 1.94. The molecule has 2 aliphatic heterocycles.